The number of pyridine rings is 1. The first kappa shape index (κ1) is 15.4. The third kappa shape index (κ3) is 3.52. The Hall–Kier alpha value is -3.15. The molecule has 1 aromatic carbocycles. The Kier molecular flexibility index (Phi) is 4.16. The van der Waals surface area contributed by atoms with Crippen molar-refractivity contribution in [2.24, 2.45) is 0 Å². The van der Waals surface area contributed by atoms with Gasteiger partial charge in [0.15, 0.2) is 11.9 Å². The van der Waals surface area contributed by atoms with Crippen molar-refractivity contribution in [3.8, 4) is 5.75 Å². The van der Waals surface area contributed by atoms with E-state index < -0.39 is 6.10 Å². The first-order valence-corrected chi connectivity index (χ1v) is 8.27. The molecule has 1 aliphatic heterocycles. The fourth-order valence-electron chi connectivity index (χ4n) is 2.86. The number of rotatable bonds is 5. The zero-order chi connectivity index (χ0) is 17.1. The van der Waals surface area contributed by atoms with Crippen LogP contribution in [-0.4, -0.2) is 26.8 Å². The largest absolute Gasteiger partial charge is 0.480 e. The zero-order valence-electron chi connectivity index (χ0n) is 13.6. The van der Waals surface area contributed by atoms with Crippen LogP contribution in [0.4, 0.5) is 5.82 Å². The van der Waals surface area contributed by atoms with E-state index in [0.717, 1.165) is 23.4 Å². The second kappa shape index (κ2) is 6.76. The molecule has 0 aliphatic carbocycles. The number of carbonyl (C=O) groups excluding carboxylic acids is 1. The summed E-state index contributed by atoms with van der Waals surface area (Å²) in [6, 6.07) is 15.4. The van der Waals surface area contributed by atoms with Crippen molar-refractivity contribution < 1.29 is 9.53 Å². The van der Waals surface area contributed by atoms with E-state index in [1.54, 1.807) is 16.9 Å². The summed E-state index contributed by atoms with van der Waals surface area (Å²) in [4.78, 5) is 16.7. The Morgan fingerprint density at radius 3 is 2.92 bits per heavy atom. The number of benzene rings is 1. The van der Waals surface area contributed by atoms with Crippen LogP contribution in [0.25, 0.3) is 0 Å². The maximum atomic E-state index is 12.4. The molecule has 1 atom stereocenters. The first-order chi connectivity index (χ1) is 12.3. The van der Waals surface area contributed by atoms with E-state index in [1.165, 1.54) is 0 Å². The third-order valence-corrected chi connectivity index (χ3v) is 4.15. The number of nitrogens with one attached hydrogen (secondary N) is 1. The van der Waals surface area contributed by atoms with E-state index >= 15 is 0 Å². The van der Waals surface area contributed by atoms with Crippen LogP contribution < -0.4 is 10.1 Å². The topological polar surface area (TPSA) is 69.0 Å². The number of hydrogen-bond acceptors (Lipinski definition) is 4. The van der Waals surface area contributed by atoms with Crippen LogP contribution in [-0.2, 0) is 24.2 Å². The number of ether oxygens (including phenoxy) is 1. The molecule has 0 fully saturated rings. The number of amides is 1. The van der Waals surface area contributed by atoms with Gasteiger partial charge in [0.25, 0.3) is 5.91 Å². The monoisotopic (exact) mass is 334 g/mol. The van der Waals surface area contributed by atoms with Gasteiger partial charge in [-0.05, 0) is 23.8 Å². The number of carbonyl (C=O) groups is 1. The molecule has 0 saturated heterocycles. The van der Waals surface area contributed by atoms with Crippen molar-refractivity contribution >= 4 is 11.7 Å². The van der Waals surface area contributed by atoms with E-state index in [-0.39, 0.29) is 5.91 Å². The number of nitrogens with zero attached hydrogens (tertiary/aromatic N) is 3. The summed E-state index contributed by atoms with van der Waals surface area (Å²) >= 11 is 0. The Labute approximate surface area is 145 Å². The number of hydrogen-bond donors (Lipinski definition) is 1. The Morgan fingerprint density at radius 1 is 1.20 bits per heavy atom. The lowest BCUT2D eigenvalue weighted by Gasteiger charge is -2.09. The summed E-state index contributed by atoms with van der Waals surface area (Å²) in [5.41, 5.74) is 2.07. The van der Waals surface area contributed by atoms with Gasteiger partial charge in [-0.1, -0.05) is 24.3 Å². The van der Waals surface area contributed by atoms with E-state index in [4.69, 9.17) is 4.74 Å². The maximum absolute atomic E-state index is 12.4. The number of anilines is 1. The minimum absolute atomic E-state index is 0.175. The Balaban J connectivity index is 1.33. The highest BCUT2D eigenvalue weighted by Gasteiger charge is 2.29. The van der Waals surface area contributed by atoms with E-state index in [9.17, 15) is 4.79 Å². The molecule has 6 nitrogen and oxygen atoms in total. The van der Waals surface area contributed by atoms with Gasteiger partial charge >= 0.3 is 0 Å². The molecule has 1 N–H and O–H groups in total. The smallest absolute Gasteiger partial charge is 0.266 e. The highest BCUT2D eigenvalue weighted by molar-refractivity contribution is 5.94. The predicted molar refractivity (Wildman–Crippen MR) is 93.4 cm³/mol. The van der Waals surface area contributed by atoms with Gasteiger partial charge in [0.1, 0.15) is 5.75 Å². The van der Waals surface area contributed by atoms with Crippen LogP contribution in [0, 0.1) is 0 Å². The molecule has 0 saturated carbocycles. The molecule has 1 aliphatic rings. The van der Waals surface area contributed by atoms with Gasteiger partial charge in [0, 0.05) is 43.5 Å². The summed E-state index contributed by atoms with van der Waals surface area (Å²) < 4.78 is 7.50. The summed E-state index contributed by atoms with van der Waals surface area (Å²) in [7, 11) is 0. The fourth-order valence-corrected chi connectivity index (χ4v) is 2.86. The van der Waals surface area contributed by atoms with Crippen LogP contribution in [0.3, 0.4) is 0 Å². The van der Waals surface area contributed by atoms with Crippen LogP contribution in [0.1, 0.15) is 11.3 Å². The summed E-state index contributed by atoms with van der Waals surface area (Å²) in [5, 5.41) is 7.21. The van der Waals surface area contributed by atoms with E-state index in [1.807, 2.05) is 48.7 Å². The summed E-state index contributed by atoms with van der Waals surface area (Å²) in [6.45, 7) is 0.707. The minimum Gasteiger partial charge on any atom is -0.480 e. The molecule has 2 aromatic heterocycles. The molecular weight excluding hydrogens is 316 g/mol. The summed E-state index contributed by atoms with van der Waals surface area (Å²) in [5.74, 6) is 1.14. The van der Waals surface area contributed by atoms with Gasteiger partial charge in [-0.2, -0.15) is 5.10 Å². The molecule has 4 rings (SSSR count). The van der Waals surface area contributed by atoms with Gasteiger partial charge < -0.3 is 10.1 Å². The van der Waals surface area contributed by atoms with Crippen molar-refractivity contribution in [3.63, 3.8) is 0 Å². The van der Waals surface area contributed by atoms with Crippen molar-refractivity contribution in [2.75, 3.05) is 5.32 Å². The van der Waals surface area contributed by atoms with Gasteiger partial charge in [0.2, 0.25) is 0 Å². The molecule has 25 heavy (non-hydrogen) atoms. The van der Waals surface area contributed by atoms with Gasteiger partial charge in [0.05, 0.1) is 0 Å². The molecule has 3 aromatic rings. The van der Waals surface area contributed by atoms with Crippen LogP contribution >= 0.6 is 0 Å². The van der Waals surface area contributed by atoms with E-state index in [2.05, 4.69) is 15.4 Å². The highest BCUT2D eigenvalue weighted by Crippen LogP contribution is 2.28. The van der Waals surface area contributed by atoms with E-state index in [0.29, 0.717) is 18.8 Å². The molecular formula is C19H18N4O2. The van der Waals surface area contributed by atoms with Gasteiger partial charge in [-0.15, -0.1) is 0 Å². The standard InChI is InChI=1S/C19H18N4O2/c24-19(17-13-14-5-1-2-7-16(14)25-17)21-18-9-12-23(22-18)11-8-15-6-3-4-10-20-15/h1-7,9-10,12,17H,8,11,13H2,(H,21,22,24)/t17-/m0/s1. The average molecular weight is 334 g/mol. The molecule has 0 spiro atoms. The lowest BCUT2D eigenvalue weighted by molar-refractivity contribution is -0.122. The summed E-state index contributed by atoms with van der Waals surface area (Å²) in [6.07, 6.45) is 4.50. The van der Waals surface area contributed by atoms with Crippen LogP contribution in [0.15, 0.2) is 60.9 Å². The quantitative estimate of drug-likeness (QED) is 0.778. The molecule has 6 heteroatoms. The lowest BCUT2D eigenvalue weighted by atomic mass is 10.1. The number of fused-ring (bicyclic) bond motifs is 1. The Morgan fingerprint density at radius 2 is 2.08 bits per heavy atom. The Bertz CT molecular complexity index is 851. The van der Waals surface area contributed by atoms with Crippen LogP contribution in [0.2, 0.25) is 0 Å². The molecule has 3 heterocycles. The van der Waals surface area contributed by atoms with Crippen molar-refractivity contribution in [1.82, 2.24) is 14.8 Å². The highest BCUT2D eigenvalue weighted by atomic mass is 16.5. The number of para-hydroxylation sites is 1. The van der Waals surface area contributed by atoms with Gasteiger partial charge in [-0.3, -0.25) is 14.5 Å². The normalized spacial score (nSPS) is 15.4. The first-order valence-electron chi connectivity index (χ1n) is 8.27. The van der Waals surface area contributed by atoms with Crippen molar-refractivity contribution in [2.45, 2.75) is 25.5 Å². The third-order valence-electron chi connectivity index (χ3n) is 4.15. The van der Waals surface area contributed by atoms with Crippen molar-refractivity contribution in [3.05, 3.63) is 72.2 Å². The fraction of sp³-hybridized carbons (Fsp3) is 0.211. The average Bonchev–Trinajstić information content (AvgIpc) is 3.27. The second-order valence-electron chi connectivity index (χ2n) is 5.94. The zero-order valence-corrected chi connectivity index (χ0v) is 13.6. The molecule has 126 valence electrons. The molecule has 0 unspecified atom stereocenters. The SMILES string of the molecule is O=C(Nc1ccn(CCc2ccccn2)n1)[C@@H]1Cc2ccccc2O1. The second-order valence-corrected chi connectivity index (χ2v) is 5.94. The maximum Gasteiger partial charge on any atom is 0.266 e. The number of aromatic nitrogens is 3. The minimum atomic E-state index is -0.504. The lowest BCUT2D eigenvalue weighted by Crippen LogP contribution is -2.31. The predicted octanol–water partition coefficient (Wildman–Crippen LogP) is 2.46. The van der Waals surface area contributed by atoms with Crippen LogP contribution in [0.5, 0.6) is 5.75 Å². The molecule has 1 amide bonds. The van der Waals surface area contributed by atoms with Crippen molar-refractivity contribution in [1.29, 1.82) is 0 Å². The molecule has 0 bridgehead atoms. The molecule has 0 radical (unpaired) electrons. The van der Waals surface area contributed by atoms with Gasteiger partial charge in [-0.25, -0.2) is 0 Å². The number of aryl methyl sites for hydroxylation is 2.